The number of rotatable bonds is 11. The first-order chi connectivity index (χ1) is 9.60. The fourth-order valence-electron chi connectivity index (χ4n) is 1.90. The van der Waals surface area contributed by atoms with Gasteiger partial charge in [-0.3, -0.25) is 19.2 Å². The Bertz CT molecular complexity index is 383. The Hall–Kier alpha value is -1.40. The lowest BCUT2D eigenvalue weighted by Crippen LogP contribution is -2.32. The largest absolute Gasteiger partial charge is 0.481 e. The van der Waals surface area contributed by atoms with Gasteiger partial charge in [0.05, 0.1) is 37.7 Å². The van der Waals surface area contributed by atoms with Crippen molar-refractivity contribution in [3.8, 4) is 0 Å². The van der Waals surface area contributed by atoms with Crippen LogP contribution in [-0.2, 0) is 19.2 Å². The third-order valence-corrected chi connectivity index (χ3v) is 9.04. The molecule has 0 heterocycles. The van der Waals surface area contributed by atoms with E-state index in [0.29, 0.717) is 0 Å². The average Bonchev–Trinajstić information content (AvgIpc) is 2.36. The van der Waals surface area contributed by atoms with Crippen LogP contribution < -0.4 is 5.73 Å². The second-order valence-electron chi connectivity index (χ2n) is 4.56. The first-order valence-electron chi connectivity index (χ1n) is 6.05. The van der Waals surface area contributed by atoms with Gasteiger partial charge in [-0.1, -0.05) is 11.6 Å². The van der Waals surface area contributed by atoms with Crippen LogP contribution in [0.25, 0.3) is 0 Å². The quantitative estimate of drug-likeness (QED) is 0.314. The van der Waals surface area contributed by atoms with E-state index in [1.54, 1.807) is 0 Å². The molecule has 0 saturated carbocycles. The molecule has 120 valence electrons. The summed E-state index contributed by atoms with van der Waals surface area (Å²) in [6.45, 7) is 0. The number of hydrogen-bond donors (Lipinski definition) is 4. The van der Waals surface area contributed by atoms with E-state index in [2.05, 4.69) is 0 Å². The van der Waals surface area contributed by atoms with Gasteiger partial charge in [0.2, 0.25) is 5.12 Å². The average molecular weight is 343 g/mol. The van der Waals surface area contributed by atoms with Crippen LogP contribution >= 0.6 is 18.9 Å². The zero-order valence-corrected chi connectivity index (χ0v) is 12.8. The van der Waals surface area contributed by atoms with E-state index in [-0.39, 0.29) is 37.7 Å². The summed E-state index contributed by atoms with van der Waals surface area (Å²) in [4.78, 5) is 43.6. The highest BCUT2D eigenvalue weighted by atomic mass is 35.5. The minimum Gasteiger partial charge on any atom is -0.481 e. The van der Waals surface area contributed by atoms with Crippen molar-refractivity contribution < 1.29 is 34.5 Å². The van der Waals surface area contributed by atoms with E-state index in [9.17, 15) is 19.2 Å². The Morgan fingerprint density at radius 2 is 1.14 bits per heavy atom. The number of primary amides is 1. The van der Waals surface area contributed by atoms with Crippen LogP contribution in [0.15, 0.2) is 0 Å². The molecule has 0 saturated heterocycles. The number of hydrogen-bond acceptors (Lipinski definition) is 4. The minimum absolute atomic E-state index is 0.0139. The molecule has 0 bridgehead atoms. The molecule has 0 aromatic carbocycles. The maximum atomic E-state index is 11.4. The van der Waals surface area contributed by atoms with Gasteiger partial charge < -0.3 is 21.1 Å². The number of alkyl halides is 1. The van der Waals surface area contributed by atoms with E-state index >= 15 is 0 Å². The maximum absolute atomic E-state index is 11.4. The van der Waals surface area contributed by atoms with Gasteiger partial charge in [-0.2, -0.15) is 0 Å². The second kappa shape index (κ2) is 8.79. The molecule has 21 heavy (non-hydrogen) atoms. The summed E-state index contributed by atoms with van der Waals surface area (Å²) in [5, 5.41) is 25.1. The molecule has 0 aliphatic carbocycles. The van der Waals surface area contributed by atoms with Crippen LogP contribution in [0.3, 0.4) is 0 Å². The predicted octanol–water partition coefficient (Wildman–Crippen LogP) is 0.478. The fraction of sp³-hybridized carbons (Fsp3) is 0.636. The van der Waals surface area contributed by atoms with E-state index in [4.69, 9.17) is 32.7 Å². The highest BCUT2D eigenvalue weighted by molar-refractivity contribution is 7.79. The third-order valence-electron chi connectivity index (χ3n) is 3.03. The van der Waals surface area contributed by atoms with Crippen LogP contribution in [0.5, 0.6) is 0 Å². The first kappa shape index (κ1) is 19.6. The van der Waals surface area contributed by atoms with Crippen LogP contribution in [0, 0.1) is 0 Å². The fourth-order valence-corrected chi connectivity index (χ4v) is 6.58. The van der Waals surface area contributed by atoms with Crippen molar-refractivity contribution in [1.29, 1.82) is 0 Å². The summed E-state index contributed by atoms with van der Waals surface area (Å²) < 4.78 is 0. The second-order valence-corrected chi connectivity index (χ2v) is 9.59. The molecule has 0 rings (SSSR count). The van der Waals surface area contributed by atoms with E-state index < -0.39 is 36.2 Å². The number of carboxylic acid groups (broad SMARTS) is 3. The standard InChI is InChI=1S/C11H17ClNO7P/c12-10(11(13)20)21(4-1-7(14)15,5-2-8(16)17)6-3-9(18)19/h10H,1-6H2,(H4-,13,14,15,16,17,18,19,20)/p+1. The Labute approximate surface area is 126 Å². The van der Waals surface area contributed by atoms with E-state index in [1.165, 1.54) is 0 Å². The summed E-state index contributed by atoms with van der Waals surface area (Å²) in [5.74, 6) is -4.26. The molecule has 0 spiro atoms. The Balaban J connectivity index is 5.32. The smallest absolute Gasteiger partial charge is 0.307 e. The highest BCUT2D eigenvalue weighted by Gasteiger charge is 2.48. The Morgan fingerprint density at radius 3 is 1.33 bits per heavy atom. The Kier molecular flexibility index (Phi) is 8.21. The first-order valence-corrected chi connectivity index (χ1v) is 8.90. The van der Waals surface area contributed by atoms with Crippen molar-refractivity contribution in [2.45, 2.75) is 24.4 Å². The van der Waals surface area contributed by atoms with Crippen molar-refractivity contribution in [3.63, 3.8) is 0 Å². The molecule has 5 N–H and O–H groups in total. The van der Waals surface area contributed by atoms with Gasteiger partial charge in [-0.15, -0.1) is 0 Å². The summed E-state index contributed by atoms with van der Waals surface area (Å²) in [6, 6.07) is 0. The van der Waals surface area contributed by atoms with Crippen molar-refractivity contribution in [3.05, 3.63) is 0 Å². The number of nitrogens with two attached hydrogens (primary N) is 1. The number of carbonyl (C=O) groups is 4. The molecule has 0 fully saturated rings. The summed E-state index contributed by atoms with van der Waals surface area (Å²) in [7, 11) is -2.66. The monoisotopic (exact) mass is 342 g/mol. The van der Waals surface area contributed by atoms with Gasteiger partial charge >= 0.3 is 17.9 Å². The molecule has 0 aliphatic rings. The number of amides is 1. The van der Waals surface area contributed by atoms with Gasteiger partial charge in [-0.25, -0.2) is 0 Å². The lowest BCUT2D eigenvalue weighted by Gasteiger charge is -2.28. The molecular weight excluding hydrogens is 325 g/mol. The van der Waals surface area contributed by atoms with Gasteiger partial charge in [0.25, 0.3) is 5.91 Å². The summed E-state index contributed by atoms with van der Waals surface area (Å²) in [5.41, 5.74) is 5.16. The van der Waals surface area contributed by atoms with Gasteiger partial charge in [-0.05, 0) is 0 Å². The van der Waals surface area contributed by atoms with Crippen molar-refractivity contribution in [2.75, 3.05) is 18.5 Å². The predicted molar refractivity (Wildman–Crippen MR) is 77.1 cm³/mol. The normalized spacial score (nSPS) is 12.6. The minimum atomic E-state index is -2.66. The number of halogens is 1. The van der Waals surface area contributed by atoms with Crippen LogP contribution in [0.4, 0.5) is 0 Å². The molecule has 1 atom stereocenters. The van der Waals surface area contributed by atoms with E-state index in [0.717, 1.165) is 0 Å². The van der Waals surface area contributed by atoms with Crippen molar-refractivity contribution in [2.24, 2.45) is 5.73 Å². The number of aliphatic carboxylic acids is 3. The van der Waals surface area contributed by atoms with Gasteiger partial charge in [0.15, 0.2) is 0 Å². The molecule has 0 aliphatic heterocycles. The lowest BCUT2D eigenvalue weighted by atomic mass is 10.5. The maximum Gasteiger partial charge on any atom is 0.307 e. The number of carboxylic acids is 3. The molecule has 0 aromatic heterocycles. The van der Waals surface area contributed by atoms with Crippen LogP contribution in [-0.4, -0.2) is 62.7 Å². The molecule has 1 unspecified atom stereocenters. The topological polar surface area (TPSA) is 155 Å². The molecular formula is C11H18ClNO7P+. The summed E-state index contributed by atoms with van der Waals surface area (Å²) in [6.07, 6.45) is -0.990. The van der Waals surface area contributed by atoms with Gasteiger partial charge in [0.1, 0.15) is 0 Å². The molecule has 0 aromatic rings. The molecule has 10 heteroatoms. The highest BCUT2D eigenvalue weighted by Crippen LogP contribution is 2.65. The third kappa shape index (κ3) is 7.24. The summed E-state index contributed by atoms with van der Waals surface area (Å²) >= 11 is 5.98. The van der Waals surface area contributed by atoms with Gasteiger partial charge in [0, 0.05) is 7.26 Å². The van der Waals surface area contributed by atoms with Crippen LogP contribution in [0.1, 0.15) is 19.3 Å². The molecule has 0 radical (unpaired) electrons. The molecule has 1 amide bonds. The lowest BCUT2D eigenvalue weighted by molar-refractivity contribution is -0.137. The van der Waals surface area contributed by atoms with Crippen molar-refractivity contribution >= 4 is 42.7 Å². The zero-order chi connectivity index (χ0) is 16.6. The number of carbonyl (C=O) groups excluding carboxylic acids is 1. The Morgan fingerprint density at radius 1 is 0.857 bits per heavy atom. The zero-order valence-electron chi connectivity index (χ0n) is 11.2. The van der Waals surface area contributed by atoms with Crippen LogP contribution in [0.2, 0.25) is 0 Å². The molecule has 8 nitrogen and oxygen atoms in total. The van der Waals surface area contributed by atoms with E-state index in [1.807, 2.05) is 0 Å². The SMILES string of the molecule is NC(=O)C(Cl)[P+](CCC(=O)O)(CCC(=O)O)CCC(=O)O. The van der Waals surface area contributed by atoms with Crippen molar-refractivity contribution in [1.82, 2.24) is 0 Å².